The Labute approximate surface area is 872 Å². The lowest BCUT2D eigenvalue weighted by molar-refractivity contribution is -0.126. The molecule has 0 saturated carbocycles. The highest BCUT2D eigenvalue weighted by Gasteiger charge is 2.40. The van der Waals surface area contributed by atoms with Crippen LogP contribution in [-0.2, 0) is 19.2 Å². The van der Waals surface area contributed by atoms with Gasteiger partial charge in [0.25, 0.3) is 59.1 Å². The van der Waals surface area contributed by atoms with Crippen LogP contribution < -0.4 is 21.3 Å². The lowest BCUT2D eigenvalue weighted by Crippen LogP contribution is -2.46. The predicted molar refractivity (Wildman–Crippen MR) is 545 cm³/mol. The van der Waals surface area contributed by atoms with Crippen molar-refractivity contribution in [2.45, 2.75) is 61.0 Å². The molecule has 0 aliphatic heterocycles. The number of nitrogens with zero attached hydrogens (tertiary/aromatic N) is 8. The highest BCUT2D eigenvalue weighted by molar-refractivity contribution is 14.1. The summed E-state index contributed by atoms with van der Waals surface area (Å²) in [5.41, 5.74) is -0.818. The van der Waals surface area contributed by atoms with Crippen LogP contribution in [0.4, 0.5) is 22.7 Å². The summed E-state index contributed by atoms with van der Waals surface area (Å²) in [6.07, 6.45) is -15.7. The average Bonchev–Trinajstić information content (AvgIpc) is 0.775. The molecule has 0 aliphatic rings. The first-order valence-electron chi connectivity index (χ1n) is 35.4. The molecule has 0 heterocycles. The Balaban J connectivity index is 0.000000641. The molecule has 42 nitrogen and oxygen atoms in total. The van der Waals surface area contributed by atoms with Gasteiger partial charge < -0.3 is 152 Å². The van der Waals surface area contributed by atoms with Crippen LogP contribution >= 0.6 is 271 Å². The van der Waals surface area contributed by atoms with E-state index in [1.807, 2.05) is 0 Å². The van der Waals surface area contributed by atoms with Gasteiger partial charge in [0.1, 0.15) is 13.2 Å². The summed E-state index contributed by atoms with van der Waals surface area (Å²) in [6.45, 7) is -9.61. The van der Waals surface area contributed by atoms with E-state index in [9.17, 15) is 149 Å². The molecule has 0 fully saturated rings. The van der Waals surface area contributed by atoms with Gasteiger partial charge >= 0.3 is 0 Å². The van der Waals surface area contributed by atoms with Crippen LogP contribution in [0.15, 0.2) is 0 Å². The molecule has 4 aromatic rings. The lowest BCUT2D eigenvalue weighted by atomic mass is 10.0. The van der Waals surface area contributed by atoms with Crippen LogP contribution in [0.25, 0.3) is 0 Å². The van der Waals surface area contributed by atoms with Gasteiger partial charge in [-0.15, -0.1) is 0 Å². The molecule has 0 aromatic heterocycles. The minimum absolute atomic E-state index is 0.0331. The van der Waals surface area contributed by atoms with Gasteiger partial charge in [-0.05, 0) is 271 Å². The molecule has 22 N–H and O–H groups in total. The average molecular weight is 3100 g/mol. The van der Waals surface area contributed by atoms with Crippen molar-refractivity contribution in [1.29, 1.82) is 0 Å². The van der Waals surface area contributed by atoms with Gasteiger partial charge in [-0.3, -0.25) is 57.5 Å². The second kappa shape index (κ2) is 54.2. The van der Waals surface area contributed by atoms with Crippen LogP contribution in [0.3, 0.4) is 0 Å². The Bertz CT molecular complexity index is 4350. The summed E-state index contributed by atoms with van der Waals surface area (Å²) in [7, 11) is 10.5. The van der Waals surface area contributed by atoms with E-state index < -0.39 is 211 Å². The summed E-state index contributed by atoms with van der Waals surface area (Å²) in [5.74, 6) is -9.73. The first-order valence-corrected chi connectivity index (χ1v) is 48.3. The van der Waals surface area contributed by atoms with E-state index in [2.05, 4.69) is 21.3 Å². The Morgan fingerprint density at radius 3 is 0.516 bits per heavy atom. The Hall–Kier alpha value is -1.44. The van der Waals surface area contributed by atoms with Gasteiger partial charge in [-0.2, -0.15) is 0 Å². The number of aliphatic hydroxyl groups excluding tert-OH is 18. The predicted octanol–water partition coefficient (Wildman–Crippen LogP) is -2.09. The van der Waals surface area contributed by atoms with Crippen molar-refractivity contribution in [1.82, 2.24) is 39.2 Å². The fourth-order valence-corrected chi connectivity index (χ4v) is 28.3. The molecule has 54 heteroatoms. The maximum Gasteiger partial charge on any atom is 0.255 e. The highest BCUT2D eigenvalue weighted by Crippen LogP contribution is 2.42. The SMILES string of the molecule is CN(CC(O)CO)C(=O)c1c(I)c(NC(=O)C(O)CO)c(I)c(C(=O)N(C)CC(O)C(O)CN(C)C(=O)c2c(I)c(NC(=O)C(O)CO)c(I)c(C(=O)N(C)CC(O)CO)c2I)c1I.CN(CC(O)CO)C(=O)c1c(I)c(NC(=O)CO)c(I)c(C(=O)N(C)CC(O)C(O)CN(C)C(=O)c2c(I)c(NC(=O)CO)c(I)c(C(=O)N(C)CC(O)CO)c2I)c1I. The monoisotopic (exact) mass is 3100 g/mol. The largest absolute Gasteiger partial charge is 0.394 e. The number of hydrogen-bond acceptors (Lipinski definition) is 30. The zero-order chi connectivity index (χ0) is 95.3. The molecule has 0 saturated heterocycles. The van der Waals surface area contributed by atoms with E-state index in [4.69, 9.17) is 0 Å². The van der Waals surface area contributed by atoms with Crippen molar-refractivity contribution in [3.8, 4) is 0 Å². The summed E-state index contributed by atoms with van der Waals surface area (Å²) < 4.78 is 1.66. The molecule has 10 unspecified atom stereocenters. The van der Waals surface area contributed by atoms with Crippen molar-refractivity contribution < 1.29 is 149 Å². The second-order valence-electron chi connectivity index (χ2n) is 27.2. The fraction of sp³-hybridized carbons (Fsp3) is 0.486. The molecule has 12 amide bonds. The molecule has 4 aromatic carbocycles. The van der Waals surface area contributed by atoms with E-state index in [0.717, 1.165) is 39.2 Å². The second-order valence-corrected chi connectivity index (χ2v) is 40.1. The Morgan fingerprint density at radius 1 is 0.234 bits per heavy atom. The quantitative estimate of drug-likeness (QED) is 0.0212. The number of carbonyl (C=O) groups is 12. The molecule has 692 valence electrons. The summed E-state index contributed by atoms with van der Waals surface area (Å²) in [4.78, 5) is 170. The van der Waals surface area contributed by atoms with Gasteiger partial charge in [-0.25, -0.2) is 0 Å². The molecule has 0 aliphatic carbocycles. The maximum atomic E-state index is 14.2. The van der Waals surface area contributed by atoms with Crippen molar-refractivity contribution in [2.24, 2.45) is 0 Å². The van der Waals surface area contributed by atoms with E-state index in [1.165, 1.54) is 56.4 Å². The van der Waals surface area contributed by atoms with Crippen LogP contribution in [0.1, 0.15) is 82.9 Å². The van der Waals surface area contributed by atoms with Crippen molar-refractivity contribution in [2.75, 3.05) is 183 Å². The van der Waals surface area contributed by atoms with Crippen molar-refractivity contribution in [3.05, 3.63) is 87.3 Å². The lowest BCUT2D eigenvalue weighted by Gasteiger charge is -2.29. The number of amides is 12. The summed E-state index contributed by atoms with van der Waals surface area (Å²) >= 11 is 21.3. The zero-order valence-corrected chi connectivity index (χ0v) is 92.0. The first kappa shape index (κ1) is 117. The molecular formula is C70H88I12N12O30. The Kier molecular flexibility index (Phi) is 51.0. The normalized spacial score (nSPS) is 13.7. The van der Waals surface area contributed by atoms with Crippen LogP contribution in [-0.4, -0.2) is 425 Å². The van der Waals surface area contributed by atoms with Crippen LogP contribution in [0.5, 0.6) is 0 Å². The van der Waals surface area contributed by atoms with Crippen molar-refractivity contribution in [3.63, 3.8) is 0 Å². The summed E-state index contributed by atoms with van der Waals surface area (Å²) in [6, 6.07) is 0. The first-order chi connectivity index (χ1) is 57.6. The van der Waals surface area contributed by atoms with E-state index in [1.54, 1.807) is 271 Å². The fourth-order valence-electron chi connectivity index (χ4n) is 10.8. The third-order valence-corrected chi connectivity index (χ3v) is 30.5. The molecule has 0 bridgehead atoms. The summed E-state index contributed by atoms with van der Waals surface area (Å²) in [5, 5.41) is 189. The topological polar surface area (TPSA) is 643 Å². The number of likely N-dealkylation sites (N-methyl/N-ethyl adjacent to an activating group) is 8. The van der Waals surface area contributed by atoms with Gasteiger partial charge in [0.05, 0.1) is 184 Å². The van der Waals surface area contributed by atoms with Gasteiger partial charge in [0, 0.05) is 123 Å². The minimum Gasteiger partial charge on any atom is -0.394 e. The molecule has 0 radical (unpaired) electrons. The number of halogens is 12. The molecule has 4 rings (SSSR count). The molecule has 0 spiro atoms. The van der Waals surface area contributed by atoms with Gasteiger partial charge in [-0.1, -0.05) is 0 Å². The smallest absolute Gasteiger partial charge is 0.255 e. The van der Waals surface area contributed by atoms with E-state index >= 15 is 0 Å². The van der Waals surface area contributed by atoms with Crippen LogP contribution in [0.2, 0.25) is 0 Å². The standard InChI is InChI=1S/C36H46I6N6O16.C34H42I6N6O14/c1-45(5-13(53)9-49)33(61)19-23(37)21(27(41)29(25(19)39)43-31(59)17(57)11-51)35(63)47(3)7-15(55)16(56)8-48(4)36(64)22-24(38)20(34(62)46(2)6-14(54)10-50)26(40)30(28(22)42)44-32(60)18(58)12-52;1-43(5-13(51)9-47)31(57)19-23(35)21(27(39)29(25(19)37)41-17(55)11-49)33(59)45(3)7-15(53)16(54)8-46(4)34(60)22-24(36)20(32(58)44(2)6-14(52)10-48)26(38)30(28(22)40)42-18(56)12-50/h13-18,49-58H,5-12H2,1-4H3,(H,43,59)(H,44,60);13-16,47-54H,5-12H2,1-4H3,(H,41,55)(H,42,56). The number of benzene rings is 4. The Morgan fingerprint density at radius 2 is 0.379 bits per heavy atom. The highest BCUT2D eigenvalue weighted by atomic mass is 127. The number of hydrogen-bond donors (Lipinski definition) is 22. The van der Waals surface area contributed by atoms with E-state index in [0.29, 0.717) is 0 Å². The number of carbonyl (C=O) groups excluding carboxylic acids is 12. The zero-order valence-electron chi connectivity index (χ0n) is 66.1. The van der Waals surface area contributed by atoms with Gasteiger partial charge in [0.2, 0.25) is 11.8 Å². The maximum absolute atomic E-state index is 14.2. The number of anilines is 4. The van der Waals surface area contributed by atoms with Gasteiger partial charge in [0.15, 0.2) is 12.2 Å². The number of nitrogens with one attached hydrogen (secondary N) is 4. The van der Waals surface area contributed by atoms with Crippen molar-refractivity contribution >= 4 is 365 Å². The molecular weight excluding hydrogens is 3010 g/mol. The molecule has 10 atom stereocenters. The van der Waals surface area contributed by atoms with E-state index in [-0.39, 0.29) is 136 Å². The third-order valence-electron chi connectivity index (χ3n) is 17.5. The number of rotatable bonds is 40. The molecule has 124 heavy (non-hydrogen) atoms. The van der Waals surface area contributed by atoms with Crippen LogP contribution in [0, 0.1) is 42.8 Å². The third kappa shape index (κ3) is 30.3. The minimum atomic E-state index is -1.87. The number of aliphatic hydroxyl groups is 18.